The Balaban J connectivity index is 1.58. The van der Waals surface area contributed by atoms with E-state index in [0.717, 1.165) is 12.8 Å². The largest absolute Gasteiger partial charge is 0.482 e. The third-order valence-corrected chi connectivity index (χ3v) is 4.42. The van der Waals surface area contributed by atoms with Crippen molar-refractivity contribution in [3.63, 3.8) is 0 Å². The van der Waals surface area contributed by atoms with Gasteiger partial charge in [0.15, 0.2) is 6.61 Å². The minimum Gasteiger partial charge on any atom is -0.482 e. The number of carbonyl (C=O) groups is 1. The summed E-state index contributed by atoms with van der Waals surface area (Å²) in [7, 11) is 0. The van der Waals surface area contributed by atoms with Gasteiger partial charge in [-0.05, 0) is 37.1 Å². The second kappa shape index (κ2) is 7.86. The molecular formula is C19H20N2O4. The molecule has 1 fully saturated rings. The van der Waals surface area contributed by atoms with Gasteiger partial charge in [-0.2, -0.15) is 5.26 Å². The standard InChI is InChI=1S/C19H20N2O4/c20-12-14-5-1-2-7-17(14)25-13-19(23)21-9-3-6-15(21)11-16(22)18-8-4-10-24-18/h1-2,4-5,7-8,10,15-16,22H,3,6,9,11,13H2. The maximum Gasteiger partial charge on any atom is 0.260 e. The van der Waals surface area contributed by atoms with Crippen molar-refractivity contribution in [2.24, 2.45) is 0 Å². The molecule has 3 rings (SSSR count). The first kappa shape index (κ1) is 17.1. The quantitative estimate of drug-likeness (QED) is 0.873. The van der Waals surface area contributed by atoms with Crippen LogP contribution >= 0.6 is 0 Å². The van der Waals surface area contributed by atoms with Crippen LogP contribution in [0.15, 0.2) is 47.1 Å². The van der Waals surface area contributed by atoms with E-state index in [1.165, 1.54) is 6.26 Å². The number of nitriles is 1. The number of amides is 1. The maximum absolute atomic E-state index is 12.5. The van der Waals surface area contributed by atoms with Crippen LogP contribution in [0.4, 0.5) is 0 Å². The highest BCUT2D eigenvalue weighted by atomic mass is 16.5. The molecule has 0 spiro atoms. The molecule has 2 heterocycles. The van der Waals surface area contributed by atoms with Crippen molar-refractivity contribution in [2.75, 3.05) is 13.2 Å². The van der Waals surface area contributed by atoms with Crippen LogP contribution in [0.3, 0.4) is 0 Å². The lowest BCUT2D eigenvalue weighted by atomic mass is 10.1. The van der Waals surface area contributed by atoms with Crippen LogP contribution in [-0.2, 0) is 4.79 Å². The Morgan fingerprint density at radius 2 is 2.24 bits per heavy atom. The SMILES string of the molecule is N#Cc1ccccc1OCC(=O)N1CCCC1CC(O)c1ccco1. The van der Waals surface area contributed by atoms with E-state index in [2.05, 4.69) is 0 Å². The summed E-state index contributed by atoms with van der Waals surface area (Å²) in [6, 6.07) is 12.3. The Labute approximate surface area is 146 Å². The fourth-order valence-electron chi connectivity index (χ4n) is 3.17. The predicted octanol–water partition coefficient (Wildman–Crippen LogP) is 2.64. The molecule has 1 aliphatic rings. The highest BCUT2D eigenvalue weighted by Crippen LogP contribution is 2.28. The van der Waals surface area contributed by atoms with E-state index in [-0.39, 0.29) is 18.6 Å². The summed E-state index contributed by atoms with van der Waals surface area (Å²) in [5.74, 6) is 0.783. The normalized spacial score (nSPS) is 17.9. The summed E-state index contributed by atoms with van der Waals surface area (Å²) >= 11 is 0. The topological polar surface area (TPSA) is 86.7 Å². The number of benzene rings is 1. The van der Waals surface area contributed by atoms with E-state index in [0.29, 0.717) is 30.0 Å². The van der Waals surface area contributed by atoms with Crippen molar-refractivity contribution in [3.05, 3.63) is 54.0 Å². The second-order valence-electron chi connectivity index (χ2n) is 6.05. The lowest BCUT2D eigenvalue weighted by Crippen LogP contribution is -2.39. The highest BCUT2D eigenvalue weighted by molar-refractivity contribution is 5.78. The molecule has 2 unspecified atom stereocenters. The van der Waals surface area contributed by atoms with Crippen molar-refractivity contribution >= 4 is 5.91 Å². The van der Waals surface area contributed by atoms with E-state index >= 15 is 0 Å². The van der Waals surface area contributed by atoms with Crippen LogP contribution in [0, 0.1) is 11.3 Å². The zero-order valence-corrected chi connectivity index (χ0v) is 13.8. The van der Waals surface area contributed by atoms with Crippen LogP contribution in [0.1, 0.15) is 36.7 Å². The molecule has 1 amide bonds. The van der Waals surface area contributed by atoms with Crippen molar-refractivity contribution in [3.8, 4) is 11.8 Å². The van der Waals surface area contributed by atoms with E-state index in [1.54, 1.807) is 41.3 Å². The van der Waals surface area contributed by atoms with Gasteiger partial charge in [-0.1, -0.05) is 12.1 Å². The van der Waals surface area contributed by atoms with E-state index < -0.39 is 6.10 Å². The molecule has 1 aromatic carbocycles. The Morgan fingerprint density at radius 1 is 1.40 bits per heavy atom. The zero-order valence-electron chi connectivity index (χ0n) is 13.8. The van der Waals surface area contributed by atoms with Gasteiger partial charge in [0.2, 0.25) is 0 Å². The number of ether oxygens (including phenoxy) is 1. The Kier molecular flexibility index (Phi) is 5.36. The van der Waals surface area contributed by atoms with Gasteiger partial charge in [0, 0.05) is 19.0 Å². The first-order valence-corrected chi connectivity index (χ1v) is 8.32. The number of hydrogen-bond acceptors (Lipinski definition) is 5. The van der Waals surface area contributed by atoms with Crippen LogP contribution in [0.25, 0.3) is 0 Å². The molecule has 1 aliphatic heterocycles. The fraction of sp³-hybridized carbons (Fsp3) is 0.368. The molecule has 6 nitrogen and oxygen atoms in total. The van der Waals surface area contributed by atoms with E-state index in [4.69, 9.17) is 14.4 Å². The summed E-state index contributed by atoms with van der Waals surface area (Å²) in [5.41, 5.74) is 0.404. The van der Waals surface area contributed by atoms with Gasteiger partial charge in [0.1, 0.15) is 23.7 Å². The summed E-state index contributed by atoms with van der Waals surface area (Å²) < 4.78 is 10.8. The van der Waals surface area contributed by atoms with Crippen LogP contribution in [-0.4, -0.2) is 35.1 Å². The number of likely N-dealkylation sites (tertiary alicyclic amines) is 1. The van der Waals surface area contributed by atoms with Crippen molar-refractivity contribution in [1.82, 2.24) is 4.90 Å². The Hall–Kier alpha value is -2.78. The zero-order chi connectivity index (χ0) is 17.6. The first-order valence-electron chi connectivity index (χ1n) is 8.32. The molecule has 0 saturated carbocycles. The minimum absolute atomic E-state index is 0.0394. The Morgan fingerprint density at radius 3 is 3.00 bits per heavy atom. The molecule has 2 atom stereocenters. The molecular weight excluding hydrogens is 320 g/mol. The summed E-state index contributed by atoms with van der Waals surface area (Å²) in [6.45, 7) is 0.531. The monoisotopic (exact) mass is 340 g/mol. The predicted molar refractivity (Wildman–Crippen MR) is 89.7 cm³/mol. The van der Waals surface area contributed by atoms with Gasteiger partial charge in [-0.3, -0.25) is 4.79 Å². The van der Waals surface area contributed by atoms with Crippen LogP contribution in [0.5, 0.6) is 5.75 Å². The molecule has 1 aromatic heterocycles. The highest BCUT2D eigenvalue weighted by Gasteiger charge is 2.31. The average Bonchev–Trinajstić information content (AvgIpc) is 3.31. The van der Waals surface area contributed by atoms with E-state index in [1.807, 2.05) is 6.07 Å². The lowest BCUT2D eigenvalue weighted by molar-refractivity contribution is -0.134. The molecule has 0 radical (unpaired) electrons. The third-order valence-electron chi connectivity index (χ3n) is 4.42. The second-order valence-corrected chi connectivity index (χ2v) is 6.05. The number of aliphatic hydroxyl groups is 1. The van der Waals surface area contributed by atoms with Gasteiger partial charge in [-0.25, -0.2) is 0 Å². The molecule has 1 saturated heterocycles. The van der Waals surface area contributed by atoms with Crippen LogP contribution < -0.4 is 4.74 Å². The first-order chi connectivity index (χ1) is 12.2. The van der Waals surface area contributed by atoms with Gasteiger partial charge >= 0.3 is 0 Å². The van der Waals surface area contributed by atoms with Gasteiger partial charge in [0.25, 0.3) is 5.91 Å². The van der Waals surface area contributed by atoms with Gasteiger partial charge in [0.05, 0.1) is 11.8 Å². The summed E-state index contributed by atoms with van der Waals surface area (Å²) in [4.78, 5) is 14.3. The minimum atomic E-state index is -0.728. The summed E-state index contributed by atoms with van der Waals surface area (Å²) in [5, 5.41) is 19.3. The van der Waals surface area contributed by atoms with Gasteiger partial charge in [-0.15, -0.1) is 0 Å². The third kappa shape index (κ3) is 4.01. The lowest BCUT2D eigenvalue weighted by Gasteiger charge is -2.26. The molecule has 6 heteroatoms. The molecule has 130 valence electrons. The number of rotatable bonds is 6. The number of carbonyl (C=O) groups excluding carboxylic acids is 1. The van der Waals surface area contributed by atoms with Crippen molar-refractivity contribution < 1.29 is 19.1 Å². The molecule has 0 aliphatic carbocycles. The number of aliphatic hydroxyl groups excluding tert-OH is 1. The number of para-hydroxylation sites is 1. The van der Waals surface area contributed by atoms with E-state index in [9.17, 15) is 9.90 Å². The summed E-state index contributed by atoms with van der Waals surface area (Å²) in [6.07, 6.45) is 2.98. The molecule has 1 N–H and O–H groups in total. The van der Waals surface area contributed by atoms with Gasteiger partial charge < -0.3 is 19.2 Å². The van der Waals surface area contributed by atoms with Crippen LogP contribution in [0.2, 0.25) is 0 Å². The average molecular weight is 340 g/mol. The number of furan rings is 1. The maximum atomic E-state index is 12.5. The van der Waals surface area contributed by atoms with Crippen molar-refractivity contribution in [1.29, 1.82) is 5.26 Å². The smallest absolute Gasteiger partial charge is 0.260 e. The molecule has 0 bridgehead atoms. The number of nitrogens with zero attached hydrogens (tertiary/aromatic N) is 2. The molecule has 2 aromatic rings. The fourth-order valence-corrected chi connectivity index (χ4v) is 3.17. The Bertz CT molecular complexity index is 751. The number of hydrogen-bond donors (Lipinski definition) is 1. The molecule has 25 heavy (non-hydrogen) atoms. The van der Waals surface area contributed by atoms with Crippen molar-refractivity contribution in [2.45, 2.75) is 31.4 Å².